The van der Waals surface area contributed by atoms with Crippen molar-refractivity contribution in [2.24, 2.45) is 0 Å². The molecule has 0 amide bonds. The molecule has 0 radical (unpaired) electrons. The van der Waals surface area contributed by atoms with E-state index in [1.807, 2.05) is 30.3 Å². The Morgan fingerprint density at radius 3 is 2.54 bits per heavy atom. The molecule has 0 unspecified atom stereocenters. The summed E-state index contributed by atoms with van der Waals surface area (Å²) in [7, 11) is 1.31. The Balaban J connectivity index is 2.34. The first kappa shape index (κ1) is 20.0. The van der Waals surface area contributed by atoms with Gasteiger partial charge in [0.05, 0.1) is 7.11 Å². The van der Waals surface area contributed by atoms with Crippen LogP contribution in [0.25, 0.3) is 21.9 Å². The number of nitrogens with one attached hydrogen (secondary N) is 1. The van der Waals surface area contributed by atoms with E-state index in [1.54, 1.807) is 18.2 Å². The third kappa shape index (κ3) is 3.90. The number of carbonyl (C=O) groups excluding carboxylic acids is 1. The van der Waals surface area contributed by atoms with Gasteiger partial charge < -0.3 is 10.2 Å². The summed E-state index contributed by atoms with van der Waals surface area (Å²) >= 11 is 6.21. The number of fused-ring (bicyclic) bond motifs is 1. The van der Waals surface area contributed by atoms with Gasteiger partial charge in [0, 0.05) is 22.5 Å². The minimum atomic E-state index is -0.583. The molecule has 0 saturated carbocycles. The molecule has 146 valence electrons. The molecule has 3 rings (SSSR count). The predicted octanol–water partition coefficient (Wildman–Crippen LogP) is 4.84. The molecule has 5 nitrogen and oxygen atoms in total. The molecule has 1 heterocycles. The number of carbonyl (C=O) groups is 1. The monoisotopic (exact) mass is 398 g/mol. The van der Waals surface area contributed by atoms with Crippen molar-refractivity contribution in [2.75, 3.05) is 19.1 Å². The standard InChI is InChI=1S/C22H23ClN2O3/c1-3-4-8-13-24-25-20(22(27)28-2)19(15-9-6-5-7-10-15)18-14-16(23)11-12-17(18)21(25)26/h5-7,9-12,14,24H,3-4,8,13H2,1-2H3. The summed E-state index contributed by atoms with van der Waals surface area (Å²) in [5.74, 6) is -0.583. The highest BCUT2D eigenvalue weighted by molar-refractivity contribution is 6.31. The van der Waals surface area contributed by atoms with Crippen LogP contribution in [-0.2, 0) is 4.74 Å². The third-order valence-corrected chi connectivity index (χ3v) is 4.87. The van der Waals surface area contributed by atoms with Crippen LogP contribution in [0.15, 0.2) is 53.3 Å². The first-order chi connectivity index (χ1) is 13.6. The fraction of sp³-hybridized carbons (Fsp3) is 0.273. The number of benzene rings is 2. The Labute approximate surface area is 168 Å². The Kier molecular flexibility index (Phi) is 6.37. The maximum Gasteiger partial charge on any atom is 0.357 e. The fourth-order valence-electron chi connectivity index (χ4n) is 3.27. The first-order valence-electron chi connectivity index (χ1n) is 9.34. The van der Waals surface area contributed by atoms with E-state index in [9.17, 15) is 9.59 Å². The summed E-state index contributed by atoms with van der Waals surface area (Å²) < 4.78 is 6.35. The largest absolute Gasteiger partial charge is 0.464 e. The van der Waals surface area contributed by atoms with E-state index in [2.05, 4.69) is 12.3 Å². The molecule has 3 aromatic rings. The number of pyridine rings is 1. The van der Waals surface area contributed by atoms with E-state index in [-0.39, 0.29) is 11.3 Å². The number of rotatable bonds is 7. The lowest BCUT2D eigenvalue weighted by Crippen LogP contribution is -2.35. The van der Waals surface area contributed by atoms with E-state index in [0.29, 0.717) is 27.9 Å². The molecule has 6 heteroatoms. The van der Waals surface area contributed by atoms with Crippen LogP contribution >= 0.6 is 11.6 Å². The van der Waals surface area contributed by atoms with Crippen LogP contribution in [0.1, 0.15) is 36.7 Å². The fourth-order valence-corrected chi connectivity index (χ4v) is 3.45. The highest BCUT2D eigenvalue weighted by Crippen LogP contribution is 2.32. The lowest BCUT2D eigenvalue weighted by molar-refractivity contribution is 0.0590. The Morgan fingerprint density at radius 2 is 1.86 bits per heavy atom. The number of ether oxygens (including phenoxy) is 1. The Morgan fingerprint density at radius 1 is 1.11 bits per heavy atom. The van der Waals surface area contributed by atoms with Gasteiger partial charge in [-0.15, -0.1) is 0 Å². The summed E-state index contributed by atoms with van der Waals surface area (Å²) in [5, 5.41) is 1.60. The van der Waals surface area contributed by atoms with Crippen molar-refractivity contribution in [3.63, 3.8) is 0 Å². The normalized spacial score (nSPS) is 10.8. The van der Waals surface area contributed by atoms with E-state index < -0.39 is 5.97 Å². The lowest BCUT2D eigenvalue weighted by Gasteiger charge is -2.19. The minimum absolute atomic E-state index is 0.171. The number of halogens is 1. The minimum Gasteiger partial charge on any atom is -0.464 e. The molecule has 0 aliphatic rings. The van der Waals surface area contributed by atoms with E-state index >= 15 is 0 Å². The van der Waals surface area contributed by atoms with Crippen LogP contribution in [0.5, 0.6) is 0 Å². The topological polar surface area (TPSA) is 60.3 Å². The quantitative estimate of drug-likeness (QED) is 0.457. The highest BCUT2D eigenvalue weighted by Gasteiger charge is 2.24. The summed E-state index contributed by atoms with van der Waals surface area (Å²) in [6.45, 7) is 2.68. The second kappa shape index (κ2) is 8.93. The zero-order valence-corrected chi connectivity index (χ0v) is 16.8. The summed E-state index contributed by atoms with van der Waals surface area (Å²) in [4.78, 5) is 25.9. The maximum atomic E-state index is 13.2. The molecule has 0 atom stereocenters. The number of methoxy groups -OCH3 is 1. The zero-order chi connectivity index (χ0) is 20.1. The molecule has 0 spiro atoms. The number of esters is 1. The van der Waals surface area contributed by atoms with Crippen molar-refractivity contribution in [3.8, 4) is 11.1 Å². The molecule has 0 aliphatic heterocycles. The molecule has 0 fully saturated rings. The lowest BCUT2D eigenvalue weighted by atomic mass is 9.97. The Hall–Kier alpha value is -2.79. The van der Waals surface area contributed by atoms with Gasteiger partial charge in [0.15, 0.2) is 5.69 Å². The van der Waals surface area contributed by atoms with Gasteiger partial charge in [0.1, 0.15) is 0 Å². The van der Waals surface area contributed by atoms with Crippen LogP contribution in [0, 0.1) is 0 Å². The Bertz CT molecular complexity index is 1050. The third-order valence-electron chi connectivity index (χ3n) is 4.64. The number of hydrogen-bond acceptors (Lipinski definition) is 4. The molecule has 0 aliphatic carbocycles. The van der Waals surface area contributed by atoms with E-state index in [1.165, 1.54) is 11.8 Å². The molecular weight excluding hydrogens is 376 g/mol. The highest BCUT2D eigenvalue weighted by atomic mass is 35.5. The van der Waals surface area contributed by atoms with E-state index in [0.717, 1.165) is 24.8 Å². The van der Waals surface area contributed by atoms with Gasteiger partial charge in [0.25, 0.3) is 5.56 Å². The second-order valence-corrected chi connectivity index (χ2v) is 6.96. The molecule has 0 bridgehead atoms. The van der Waals surface area contributed by atoms with Gasteiger partial charge in [-0.05, 0) is 35.6 Å². The van der Waals surface area contributed by atoms with E-state index in [4.69, 9.17) is 16.3 Å². The van der Waals surface area contributed by atoms with Crippen molar-refractivity contribution in [3.05, 3.63) is 69.6 Å². The molecule has 28 heavy (non-hydrogen) atoms. The molecule has 1 aromatic heterocycles. The summed E-state index contributed by atoms with van der Waals surface area (Å²) in [6.07, 6.45) is 2.98. The number of nitrogens with zero attached hydrogens (tertiary/aromatic N) is 1. The summed E-state index contributed by atoms with van der Waals surface area (Å²) in [6, 6.07) is 14.6. The van der Waals surface area contributed by atoms with Gasteiger partial charge in [-0.25, -0.2) is 9.47 Å². The van der Waals surface area contributed by atoms with Gasteiger partial charge in [-0.1, -0.05) is 61.7 Å². The van der Waals surface area contributed by atoms with Crippen molar-refractivity contribution in [2.45, 2.75) is 26.2 Å². The zero-order valence-electron chi connectivity index (χ0n) is 16.0. The average Bonchev–Trinajstić information content (AvgIpc) is 2.72. The summed E-state index contributed by atoms with van der Waals surface area (Å²) in [5.41, 5.74) is 4.41. The van der Waals surface area contributed by atoms with Crippen LogP contribution < -0.4 is 11.0 Å². The average molecular weight is 399 g/mol. The van der Waals surface area contributed by atoms with Crippen molar-refractivity contribution in [1.29, 1.82) is 0 Å². The molecule has 2 aromatic carbocycles. The molecular formula is C22H23ClN2O3. The number of aromatic nitrogens is 1. The SMILES string of the molecule is CCCCCNn1c(C(=O)OC)c(-c2ccccc2)c2cc(Cl)ccc2c1=O. The van der Waals surface area contributed by atoms with Crippen molar-refractivity contribution >= 4 is 28.3 Å². The van der Waals surface area contributed by atoms with Crippen LogP contribution in [-0.4, -0.2) is 24.3 Å². The van der Waals surface area contributed by atoms with Gasteiger partial charge in [-0.2, -0.15) is 0 Å². The smallest absolute Gasteiger partial charge is 0.357 e. The van der Waals surface area contributed by atoms with Crippen molar-refractivity contribution in [1.82, 2.24) is 4.68 Å². The predicted molar refractivity (Wildman–Crippen MR) is 114 cm³/mol. The van der Waals surface area contributed by atoms with Crippen LogP contribution in [0.2, 0.25) is 5.02 Å². The van der Waals surface area contributed by atoms with Crippen molar-refractivity contribution < 1.29 is 9.53 Å². The van der Waals surface area contributed by atoms with Crippen LogP contribution in [0.3, 0.4) is 0 Å². The van der Waals surface area contributed by atoms with Gasteiger partial charge in [-0.3, -0.25) is 4.79 Å². The second-order valence-electron chi connectivity index (χ2n) is 6.53. The van der Waals surface area contributed by atoms with Crippen LogP contribution in [0.4, 0.5) is 0 Å². The molecule has 0 saturated heterocycles. The number of unbranched alkanes of at least 4 members (excludes halogenated alkanes) is 2. The first-order valence-corrected chi connectivity index (χ1v) is 9.72. The van der Waals surface area contributed by atoms with Gasteiger partial charge in [0.2, 0.25) is 0 Å². The number of hydrogen-bond donors (Lipinski definition) is 1. The van der Waals surface area contributed by atoms with Gasteiger partial charge >= 0.3 is 5.97 Å². The maximum absolute atomic E-state index is 13.2. The molecule has 1 N–H and O–H groups in total.